The molecular weight excluding hydrogens is 276 g/mol. The smallest absolute Gasteiger partial charge is 0.255 e. The zero-order valence-corrected chi connectivity index (χ0v) is 12.6. The van der Waals surface area contributed by atoms with Crippen LogP contribution in [0.1, 0.15) is 37.0 Å². The summed E-state index contributed by atoms with van der Waals surface area (Å²) in [5.74, 6) is 0.905. The van der Waals surface area contributed by atoms with E-state index in [9.17, 15) is 4.79 Å². The Kier molecular flexibility index (Phi) is 4.89. The van der Waals surface area contributed by atoms with Crippen LogP contribution in [0.2, 0.25) is 5.02 Å². The molecule has 1 saturated carbocycles. The van der Waals surface area contributed by atoms with Gasteiger partial charge in [-0.3, -0.25) is 4.79 Å². The number of hydrogen-bond donors (Lipinski definition) is 2. The second kappa shape index (κ2) is 6.46. The van der Waals surface area contributed by atoms with Crippen LogP contribution >= 0.6 is 11.6 Å². The van der Waals surface area contributed by atoms with E-state index in [4.69, 9.17) is 22.1 Å². The summed E-state index contributed by atoms with van der Waals surface area (Å²) < 4.78 is 5.64. The molecule has 1 aromatic rings. The van der Waals surface area contributed by atoms with Crippen LogP contribution in [0.3, 0.4) is 0 Å². The van der Waals surface area contributed by atoms with E-state index >= 15 is 0 Å². The largest absolute Gasteiger partial charge is 0.490 e. The molecule has 3 N–H and O–H groups in total. The maximum absolute atomic E-state index is 12.2. The molecule has 0 aliphatic heterocycles. The molecule has 1 aliphatic carbocycles. The average Bonchev–Trinajstić information content (AvgIpc) is 3.21. The lowest BCUT2D eigenvalue weighted by Crippen LogP contribution is -2.38. The first-order valence-corrected chi connectivity index (χ1v) is 7.35. The van der Waals surface area contributed by atoms with Crippen molar-refractivity contribution >= 4 is 17.5 Å². The number of halogens is 1. The van der Waals surface area contributed by atoms with E-state index in [1.807, 2.05) is 13.8 Å². The van der Waals surface area contributed by atoms with Gasteiger partial charge in [-0.05, 0) is 50.8 Å². The predicted octanol–water partition coefficient (Wildman–Crippen LogP) is 2.59. The van der Waals surface area contributed by atoms with Crippen LogP contribution in [0.5, 0.6) is 5.75 Å². The third kappa shape index (κ3) is 4.12. The van der Waals surface area contributed by atoms with Gasteiger partial charge in [0.15, 0.2) is 0 Å². The summed E-state index contributed by atoms with van der Waals surface area (Å²) >= 11 is 5.96. The minimum atomic E-state index is -0.195. The Morgan fingerprint density at radius 2 is 2.20 bits per heavy atom. The molecule has 5 heteroatoms. The molecule has 0 radical (unpaired) electrons. The van der Waals surface area contributed by atoms with Crippen LogP contribution in [0, 0.1) is 5.92 Å². The molecule has 2 rings (SSSR count). The molecule has 1 unspecified atom stereocenters. The quantitative estimate of drug-likeness (QED) is 0.848. The summed E-state index contributed by atoms with van der Waals surface area (Å²) in [5.41, 5.74) is 6.43. The van der Waals surface area contributed by atoms with Gasteiger partial charge in [0, 0.05) is 17.6 Å². The SMILES string of the molecule is CC(C)Oc1ccc(Cl)cc1C(=O)NCC(N)C1CC1. The third-order valence-electron chi connectivity index (χ3n) is 3.27. The Labute approximate surface area is 124 Å². The molecule has 4 nitrogen and oxygen atoms in total. The van der Waals surface area contributed by atoms with Gasteiger partial charge in [0.2, 0.25) is 0 Å². The lowest BCUT2D eigenvalue weighted by molar-refractivity contribution is 0.0944. The number of benzene rings is 1. The number of hydrogen-bond acceptors (Lipinski definition) is 3. The number of carbonyl (C=O) groups excluding carboxylic acids is 1. The molecule has 1 fully saturated rings. The fraction of sp³-hybridized carbons (Fsp3) is 0.533. The van der Waals surface area contributed by atoms with Gasteiger partial charge >= 0.3 is 0 Å². The van der Waals surface area contributed by atoms with Crippen LogP contribution < -0.4 is 15.8 Å². The monoisotopic (exact) mass is 296 g/mol. The van der Waals surface area contributed by atoms with Crippen LogP contribution in [0.25, 0.3) is 0 Å². The summed E-state index contributed by atoms with van der Waals surface area (Å²) in [7, 11) is 0. The second-order valence-electron chi connectivity index (χ2n) is 5.52. The average molecular weight is 297 g/mol. The van der Waals surface area contributed by atoms with E-state index < -0.39 is 0 Å². The van der Waals surface area contributed by atoms with Gasteiger partial charge in [0.25, 0.3) is 5.91 Å². The summed E-state index contributed by atoms with van der Waals surface area (Å²) in [5, 5.41) is 3.37. The van der Waals surface area contributed by atoms with Crippen molar-refractivity contribution in [2.24, 2.45) is 11.7 Å². The van der Waals surface area contributed by atoms with Gasteiger partial charge in [0.05, 0.1) is 11.7 Å². The molecule has 0 aromatic heterocycles. The number of rotatable bonds is 6. The van der Waals surface area contributed by atoms with Crippen molar-refractivity contribution in [2.75, 3.05) is 6.54 Å². The lowest BCUT2D eigenvalue weighted by Gasteiger charge is -2.16. The molecule has 1 aromatic carbocycles. The number of ether oxygens (including phenoxy) is 1. The topological polar surface area (TPSA) is 64.3 Å². The van der Waals surface area contributed by atoms with Crippen LogP contribution in [0.15, 0.2) is 18.2 Å². The van der Waals surface area contributed by atoms with E-state index in [0.29, 0.717) is 28.8 Å². The van der Waals surface area contributed by atoms with Crippen molar-refractivity contribution in [1.82, 2.24) is 5.32 Å². The number of amides is 1. The van der Waals surface area contributed by atoms with E-state index in [1.165, 1.54) is 0 Å². The van der Waals surface area contributed by atoms with Gasteiger partial charge in [-0.15, -0.1) is 0 Å². The summed E-state index contributed by atoms with van der Waals surface area (Å²) in [6.07, 6.45) is 2.32. The maximum Gasteiger partial charge on any atom is 0.255 e. The molecule has 110 valence electrons. The fourth-order valence-corrected chi connectivity index (χ4v) is 2.21. The standard InChI is InChI=1S/C15H21ClN2O2/c1-9(2)20-14-6-5-11(16)7-12(14)15(19)18-8-13(17)10-3-4-10/h5-7,9-10,13H,3-4,8,17H2,1-2H3,(H,18,19). The van der Waals surface area contributed by atoms with E-state index in [1.54, 1.807) is 18.2 Å². The van der Waals surface area contributed by atoms with Crippen molar-refractivity contribution in [1.29, 1.82) is 0 Å². The summed E-state index contributed by atoms with van der Waals surface area (Å²) in [6.45, 7) is 4.32. The first kappa shape index (κ1) is 15.1. The number of nitrogens with two attached hydrogens (primary N) is 1. The van der Waals surface area contributed by atoms with Crippen molar-refractivity contribution in [3.05, 3.63) is 28.8 Å². The molecular formula is C15H21ClN2O2. The van der Waals surface area contributed by atoms with Crippen molar-refractivity contribution in [2.45, 2.75) is 38.8 Å². The molecule has 0 spiro atoms. The van der Waals surface area contributed by atoms with Crippen molar-refractivity contribution in [3.8, 4) is 5.75 Å². The van der Waals surface area contributed by atoms with Crippen LogP contribution in [-0.4, -0.2) is 24.6 Å². The molecule has 1 amide bonds. The van der Waals surface area contributed by atoms with Crippen LogP contribution in [-0.2, 0) is 0 Å². The normalized spacial score (nSPS) is 16.1. The third-order valence-corrected chi connectivity index (χ3v) is 3.51. The van der Waals surface area contributed by atoms with E-state index in [-0.39, 0.29) is 18.1 Å². The Bertz CT molecular complexity index is 487. The lowest BCUT2D eigenvalue weighted by atomic mass is 10.1. The first-order chi connectivity index (χ1) is 9.47. The Morgan fingerprint density at radius 3 is 2.80 bits per heavy atom. The van der Waals surface area contributed by atoms with Gasteiger partial charge in [-0.25, -0.2) is 0 Å². The maximum atomic E-state index is 12.2. The van der Waals surface area contributed by atoms with E-state index in [0.717, 1.165) is 12.8 Å². The minimum absolute atomic E-state index is 0.00329. The molecule has 0 bridgehead atoms. The van der Waals surface area contributed by atoms with Gasteiger partial charge in [-0.2, -0.15) is 0 Å². The molecule has 20 heavy (non-hydrogen) atoms. The highest BCUT2D eigenvalue weighted by molar-refractivity contribution is 6.31. The Balaban J connectivity index is 2.04. The van der Waals surface area contributed by atoms with Gasteiger partial charge in [-0.1, -0.05) is 11.6 Å². The molecule has 1 atom stereocenters. The number of carbonyl (C=O) groups is 1. The van der Waals surface area contributed by atoms with Gasteiger partial charge in [0.1, 0.15) is 5.75 Å². The highest BCUT2D eigenvalue weighted by Gasteiger charge is 2.28. The summed E-state index contributed by atoms with van der Waals surface area (Å²) in [6, 6.07) is 5.09. The minimum Gasteiger partial charge on any atom is -0.490 e. The molecule has 0 heterocycles. The van der Waals surface area contributed by atoms with Crippen molar-refractivity contribution in [3.63, 3.8) is 0 Å². The first-order valence-electron chi connectivity index (χ1n) is 6.97. The molecule has 0 saturated heterocycles. The Morgan fingerprint density at radius 1 is 1.50 bits per heavy atom. The zero-order valence-electron chi connectivity index (χ0n) is 11.9. The van der Waals surface area contributed by atoms with E-state index in [2.05, 4.69) is 5.32 Å². The molecule has 1 aliphatic rings. The Hall–Kier alpha value is -1.26. The highest BCUT2D eigenvalue weighted by atomic mass is 35.5. The predicted molar refractivity (Wildman–Crippen MR) is 80.2 cm³/mol. The fourth-order valence-electron chi connectivity index (χ4n) is 2.03. The highest BCUT2D eigenvalue weighted by Crippen LogP contribution is 2.31. The van der Waals surface area contributed by atoms with Crippen LogP contribution in [0.4, 0.5) is 0 Å². The number of nitrogens with one attached hydrogen (secondary N) is 1. The van der Waals surface area contributed by atoms with Gasteiger partial charge < -0.3 is 15.8 Å². The van der Waals surface area contributed by atoms with Crippen molar-refractivity contribution < 1.29 is 9.53 Å². The zero-order chi connectivity index (χ0) is 14.7. The second-order valence-corrected chi connectivity index (χ2v) is 5.95. The summed E-state index contributed by atoms with van der Waals surface area (Å²) in [4.78, 5) is 12.2.